The molecular formula is C29H29F2N8O10PS. The van der Waals surface area contributed by atoms with Gasteiger partial charge in [0.25, 0.3) is 11.5 Å². The summed E-state index contributed by atoms with van der Waals surface area (Å²) in [6.45, 7) is -5.99. The number of aromatic nitrogens is 6. The molecule has 2 aliphatic heterocycles. The molecule has 18 nitrogen and oxygen atoms in total. The third-order valence-electron chi connectivity index (χ3n) is 7.87. The number of H-pyrrole nitrogens is 1. The van der Waals surface area contributed by atoms with Crippen LogP contribution in [0.25, 0.3) is 11.2 Å². The molecule has 0 saturated carbocycles. The van der Waals surface area contributed by atoms with E-state index in [1.807, 2.05) is 11.1 Å². The quantitative estimate of drug-likeness (QED) is 0.110. The minimum Gasteiger partial charge on any atom is -0.394 e. The number of imidazole rings is 1. The van der Waals surface area contributed by atoms with Crippen molar-refractivity contribution < 1.29 is 46.8 Å². The summed E-state index contributed by atoms with van der Waals surface area (Å²) in [6, 6.07) is 11.2. The van der Waals surface area contributed by atoms with Crippen LogP contribution in [0, 0.1) is 11.3 Å². The van der Waals surface area contributed by atoms with Gasteiger partial charge in [0.2, 0.25) is 0 Å². The van der Waals surface area contributed by atoms with Crippen molar-refractivity contribution in [2.24, 2.45) is 0 Å². The molecule has 4 aromatic rings. The molecule has 0 radical (unpaired) electrons. The van der Waals surface area contributed by atoms with Gasteiger partial charge in [-0.25, -0.2) is 28.5 Å². The largest absolute Gasteiger partial charge is 0.394 e. The fourth-order valence-corrected chi connectivity index (χ4v) is 7.46. The van der Waals surface area contributed by atoms with E-state index in [-0.39, 0.29) is 30.0 Å². The Labute approximate surface area is 290 Å². The zero-order chi connectivity index (χ0) is 36.3. The van der Waals surface area contributed by atoms with Crippen LogP contribution in [-0.4, -0.2) is 102 Å². The average Bonchev–Trinajstić information content (AvgIpc) is 3.78. The standard InChI is InChI=1S/C29H29F2N8O10PS/c30-19-17(48-27(22(19)42)39-14-35-21-24(33-13-34-25(21)39)37-26(43)15-5-2-1-3-6-15)12-46-50(51,45-10-4-8-32)49-23-20(31)16(11-40)47-28(23)38-9-7-18(41)36-29(38)44/h1-3,5-7,9,13-14,16-17,19-20,22-23,27-28,40,42H,4,10-12H2,(H,36,41,44)(H,33,34,37,43)/t16-,17-,19+,20+,22?,23?,27-,28-,50?/m1/s1. The Balaban J connectivity index is 1.20. The molecule has 0 aliphatic carbocycles. The Morgan fingerprint density at radius 3 is 2.57 bits per heavy atom. The van der Waals surface area contributed by atoms with E-state index in [9.17, 15) is 24.6 Å². The van der Waals surface area contributed by atoms with E-state index in [1.165, 1.54) is 10.9 Å². The normalized spacial score (nSPS) is 27.3. The highest BCUT2D eigenvalue weighted by molar-refractivity contribution is 8.07. The van der Waals surface area contributed by atoms with Gasteiger partial charge in [0.1, 0.15) is 30.7 Å². The number of hydrogen-bond donors (Lipinski definition) is 4. The Kier molecular flexibility index (Phi) is 11.1. The second-order valence-electron chi connectivity index (χ2n) is 11.1. The number of hydrogen-bond acceptors (Lipinski definition) is 15. The number of nitrogens with one attached hydrogen (secondary N) is 2. The van der Waals surface area contributed by atoms with Gasteiger partial charge in [-0.05, 0) is 23.9 Å². The maximum atomic E-state index is 15.6. The molecule has 1 amide bonds. The summed E-state index contributed by atoms with van der Waals surface area (Å²) >= 11 is 5.49. The lowest BCUT2D eigenvalue weighted by Gasteiger charge is -2.29. The lowest BCUT2D eigenvalue weighted by atomic mass is 10.1. The van der Waals surface area contributed by atoms with Gasteiger partial charge in [0, 0.05) is 17.8 Å². The molecule has 2 saturated heterocycles. The van der Waals surface area contributed by atoms with Crippen molar-refractivity contribution in [1.29, 1.82) is 5.26 Å². The van der Waals surface area contributed by atoms with Gasteiger partial charge in [-0.15, -0.1) is 0 Å². The second kappa shape index (κ2) is 15.5. The first-order valence-electron chi connectivity index (χ1n) is 15.2. The Morgan fingerprint density at radius 2 is 1.84 bits per heavy atom. The first kappa shape index (κ1) is 36.4. The van der Waals surface area contributed by atoms with Gasteiger partial charge in [-0.1, -0.05) is 18.2 Å². The zero-order valence-corrected chi connectivity index (χ0v) is 27.8. The number of alkyl halides is 2. The highest BCUT2D eigenvalue weighted by Crippen LogP contribution is 2.55. The molecule has 0 bridgehead atoms. The van der Waals surface area contributed by atoms with E-state index in [0.29, 0.717) is 5.56 Å². The third kappa shape index (κ3) is 7.64. The van der Waals surface area contributed by atoms with Crippen LogP contribution in [0.15, 0.2) is 64.8 Å². The van der Waals surface area contributed by atoms with E-state index >= 15 is 8.78 Å². The molecule has 0 spiro atoms. The Bertz CT molecular complexity index is 2080. The predicted octanol–water partition coefficient (Wildman–Crippen LogP) is 1.01. The van der Waals surface area contributed by atoms with Gasteiger partial charge in [-0.3, -0.25) is 28.2 Å². The molecule has 3 aromatic heterocycles. The number of aromatic amines is 1. The van der Waals surface area contributed by atoms with Gasteiger partial charge in [-0.2, -0.15) is 5.26 Å². The summed E-state index contributed by atoms with van der Waals surface area (Å²) < 4.78 is 61.6. The number of nitriles is 1. The number of carbonyl (C=O) groups excluding carboxylic acids is 1. The lowest BCUT2D eigenvalue weighted by molar-refractivity contribution is -0.0595. The molecule has 4 N–H and O–H groups in total. The molecule has 270 valence electrons. The number of fused-ring (bicyclic) bond motifs is 1. The third-order valence-corrected chi connectivity index (χ3v) is 10.2. The van der Waals surface area contributed by atoms with Gasteiger partial charge < -0.3 is 34.1 Å². The van der Waals surface area contributed by atoms with Crippen LogP contribution in [0.2, 0.25) is 0 Å². The number of halogens is 2. The van der Waals surface area contributed by atoms with Crippen LogP contribution in [0.3, 0.4) is 0 Å². The van der Waals surface area contributed by atoms with E-state index in [2.05, 4.69) is 20.3 Å². The Morgan fingerprint density at radius 1 is 1.08 bits per heavy atom. The number of benzene rings is 1. The molecule has 2 aliphatic rings. The van der Waals surface area contributed by atoms with E-state index in [4.69, 9.17) is 40.1 Å². The molecule has 22 heteroatoms. The monoisotopic (exact) mass is 750 g/mol. The minimum absolute atomic E-state index is 0.0528. The molecule has 9 atom stereocenters. The first-order chi connectivity index (χ1) is 24.5. The van der Waals surface area contributed by atoms with Crippen LogP contribution in [-0.2, 0) is 34.9 Å². The number of nitrogens with zero attached hydrogens (tertiary/aromatic N) is 6. The fourth-order valence-electron chi connectivity index (χ4n) is 5.39. The summed E-state index contributed by atoms with van der Waals surface area (Å²) in [7, 11) is 0. The van der Waals surface area contributed by atoms with Crippen LogP contribution in [0.5, 0.6) is 0 Å². The smallest absolute Gasteiger partial charge is 0.330 e. The summed E-state index contributed by atoms with van der Waals surface area (Å²) in [5, 5.41) is 32.2. The topological polar surface area (TPSA) is 238 Å². The molecule has 3 unspecified atom stereocenters. The van der Waals surface area contributed by atoms with E-state index in [1.54, 1.807) is 30.3 Å². The van der Waals surface area contributed by atoms with Crippen molar-refractivity contribution in [2.75, 3.05) is 25.1 Å². The summed E-state index contributed by atoms with van der Waals surface area (Å²) in [5.74, 6) is -0.414. The van der Waals surface area contributed by atoms with Gasteiger partial charge in [0.15, 0.2) is 41.8 Å². The summed E-state index contributed by atoms with van der Waals surface area (Å²) in [6.07, 6.45) is -10.4. The minimum atomic E-state index is -4.13. The number of carbonyl (C=O) groups is 1. The van der Waals surface area contributed by atoms with Gasteiger partial charge >= 0.3 is 12.4 Å². The molecular weight excluding hydrogens is 721 g/mol. The van der Waals surface area contributed by atoms with Crippen LogP contribution in [0.1, 0.15) is 29.2 Å². The number of amides is 1. The number of rotatable bonds is 13. The number of aliphatic hydroxyl groups is 2. The van der Waals surface area contributed by atoms with Crippen LogP contribution < -0.4 is 16.6 Å². The summed E-state index contributed by atoms with van der Waals surface area (Å²) in [4.78, 5) is 51.3. The first-order valence-corrected chi connectivity index (χ1v) is 17.8. The maximum absolute atomic E-state index is 15.6. The van der Waals surface area contributed by atoms with Crippen LogP contribution >= 0.6 is 6.72 Å². The van der Waals surface area contributed by atoms with Crippen molar-refractivity contribution in [1.82, 2.24) is 29.1 Å². The highest BCUT2D eigenvalue weighted by atomic mass is 32.5. The van der Waals surface area contributed by atoms with Gasteiger partial charge in [0.05, 0.1) is 38.6 Å². The highest BCUT2D eigenvalue weighted by Gasteiger charge is 2.51. The molecule has 51 heavy (non-hydrogen) atoms. The maximum Gasteiger partial charge on any atom is 0.330 e. The molecule has 2 fully saturated rings. The predicted molar refractivity (Wildman–Crippen MR) is 173 cm³/mol. The Hall–Kier alpha value is -4.36. The van der Waals surface area contributed by atoms with Crippen molar-refractivity contribution in [3.05, 3.63) is 81.7 Å². The zero-order valence-electron chi connectivity index (χ0n) is 26.1. The SMILES string of the molecule is N#CCCOP(=S)(OC[C@H]1O[C@@H](n2cnc3c(NC(=O)c4ccccc4)ncnc32)C(O)[C@H]1F)OC1[C@@H](F)[C@@H](CO)O[C@H]1n1ccc(=O)[nH]c1=O. The molecule has 1 aromatic carbocycles. The van der Waals surface area contributed by atoms with Crippen molar-refractivity contribution in [3.63, 3.8) is 0 Å². The van der Waals surface area contributed by atoms with Crippen molar-refractivity contribution >= 4 is 41.4 Å². The van der Waals surface area contributed by atoms with E-state index < -0.39 is 86.3 Å². The average molecular weight is 751 g/mol. The fraction of sp³-hybridized carbons (Fsp3) is 0.414. The summed E-state index contributed by atoms with van der Waals surface area (Å²) in [5.41, 5.74) is -1.14. The number of ether oxygens (including phenoxy) is 2. The number of aliphatic hydroxyl groups excluding tert-OH is 2. The molecule has 5 heterocycles. The van der Waals surface area contributed by atoms with Crippen molar-refractivity contribution in [3.8, 4) is 6.07 Å². The molecule has 6 rings (SSSR count). The van der Waals surface area contributed by atoms with Crippen molar-refractivity contribution in [2.45, 2.75) is 55.6 Å². The lowest BCUT2D eigenvalue weighted by Crippen LogP contribution is -2.38. The van der Waals surface area contributed by atoms with Crippen LogP contribution in [0.4, 0.5) is 14.6 Å². The second-order valence-corrected chi connectivity index (χ2v) is 14.1. The van der Waals surface area contributed by atoms with E-state index in [0.717, 1.165) is 23.2 Å². The number of anilines is 1.